The summed E-state index contributed by atoms with van der Waals surface area (Å²) in [5.74, 6) is -0.470. The van der Waals surface area contributed by atoms with Gasteiger partial charge in [-0.2, -0.15) is 5.10 Å². The number of nitrogens with one attached hydrogen (secondary N) is 1. The fraction of sp³-hybridized carbons (Fsp3) is 0.467. The largest absolute Gasteiger partial charge is 0.306 e. The summed E-state index contributed by atoms with van der Waals surface area (Å²) in [5.41, 5.74) is 3.81. The van der Waals surface area contributed by atoms with Crippen LogP contribution in [-0.2, 0) is 14.8 Å². The summed E-state index contributed by atoms with van der Waals surface area (Å²) in [6.07, 6.45) is 2.68. The Morgan fingerprint density at radius 3 is 2.54 bits per heavy atom. The van der Waals surface area contributed by atoms with Gasteiger partial charge in [0.1, 0.15) is 6.54 Å². The Labute approximate surface area is 150 Å². The van der Waals surface area contributed by atoms with E-state index in [1.165, 1.54) is 0 Å². The van der Waals surface area contributed by atoms with E-state index in [1.807, 2.05) is 7.05 Å². The van der Waals surface area contributed by atoms with Gasteiger partial charge in [-0.25, -0.2) is 13.8 Å². The molecule has 9 heteroatoms. The van der Waals surface area contributed by atoms with E-state index >= 15 is 0 Å². The van der Waals surface area contributed by atoms with E-state index in [2.05, 4.69) is 31.4 Å². The average Bonchev–Trinajstić information content (AvgIpc) is 2.52. The van der Waals surface area contributed by atoms with Gasteiger partial charge in [0.25, 0.3) is 5.91 Å². The first-order chi connectivity index (χ1) is 11.3. The van der Waals surface area contributed by atoms with Gasteiger partial charge in [0, 0.05) is 36.1 Å². The summed E-state index contributed by atoms with van der Waals surface area (Å²) in [6.45, 7) is 1.49. The molecule has 0 radical (unpaired) electrons. The number of benzene rings is 1. The molecule has 0 unspecified atom stereocenters. The molecule has 2 rings (SSSR count). The van der Waals surface area contributed by atoms with Crippen molar-refractivity contribution in [2.24, 2.45) is 5.10 Å². The van der Waals surface area contributed by atoms with E-state index in [1.54, 1.807) is 24.3 Å². The first-order valence-corrected chi connectivity index (χ1v) is 10.2. The quantitative estimate of drug-likeness (QED) is 0.735. The number of hydrogen-bond donors (Lipinski definition) is 1. The molecule has 1 heterocycles. The van der Waals surface area contributed by atoms with Crippen LogP contribution in [0.15, 0.2) is 33.8 Å². The van der Waals surface area contributed by atoms with Crippen LogP contribution in [0.1, 0.15) is 12.8 Å². The smallest absolute Gasteiger partial charge is 0.260 e. The number of rotatable bonds is 5. The molecular weight excluding hydrogens is 396 g/mol. The fourth-order valence-corrected chi connectivity index (χ4v) is 3.82. The van der Waals surface area contributed by atoms with Crippen molar-refractivity contribution >= 4 is 43.3 Å². The maximum Gasteiger partial charge on any atom is 0.260 e. The molecule has 0 saturated carbocycles. The van der Waals surface area contributed by atoms with Crippen molar-refractivity contribution in [3.63, 3.8) is 0 Å². The summed E-state index contributed by atoms with van der Waals surface area (Å²) in [5, 5.41) is 4.13. The third-order valence-corrected chi connectivity index (χ3v) is 5.51. The lowest BCUT2D eigenvalue weighted by Crippen LogP contribution is -2.39. The Bertz CT molecular complexity index is 726. The second-order valence-electron chi connectivity index (χ2n) is 5.74. The van der Waals surface area contributed by atoms with Gasteiger partial charge in [0.05, 0.1) is 11.9 Å². The Morgan fingerprint density at radius 1 is 1.33 bits per heavy atom. The molecule has 1 N–H and O–H groups in total. The number of para-hydroxylation sites is 1. The Hall–Kier alpha value is -1.45. The third kappa shape index (κ3) is 5.29. The minimum absolute atomic E-state index is 0.321. The SMILES string of the molecule is CN1CCC(=NNC(=O)CN(c2ccccc2Br)S(C)(=O)=O)CC1. The van der Waals surface area contributed by atoms with E-state index in [4.69, 9.17) is 0 Å². The number of halogens is 1. The molecule has 1 fully saturated rings. The van der Waals surface area contributed by atoms with E-state index in [9.17, 15) is 13.2 Å². The summed E-state index contributed by atoms with van der Waals surface area (Å²) in [7, 11) is -1.56. The molecule has 0 atom stereocenters. The summed E-state index contributed by atoms with van der Waals surface area (Å²) < 4.78 is 25.7. The van der Waals surface area contributed by atoms with Gasteiger partial charge in [-0.05, 0) is 35.1 Å². The zero-order chi connectivity index (χ0) is 17.7. The molecule has 1 aromatic rings. The standard InChI is InChI=1S/C15H21BrN4O3S/c1-19-9-7-12(8-10-19)17-18-15(21)11-20(24(2,22)23)14-6-4-3-5-13(14)16/h3-6H,7-11H2,1-2H3,(H,18,21). The number of hydrogen-bond acceptors (Lipinski definition) is 5. The van der Waals surface area contributed by atoms with Crippen LogP contribution in [0.25, 0.3) is 0 Å². The maximum atomic E-state index is 12.1. The molecule has 1 aliphatic rings. The average molecular weight is 417 g/mol. The van der Waals surface area contributed by atoms with Crippen LogP contribution in [0.2, 0.25) is 0 Å². The van der Waals surface area contributed by atoms with Gasteiger partial charge in [-0.3, -0.25) is 9.10 Å². The molecule has 1 aromatic carbocycles. The molecule has 0 spiro atoms. The normalized spacial score (nSPS) is 15.9. The molecule has 0 bridgehead atoms. The summed E-state index contributed by atoms with van der Waals surface area (Å²) in [4.78, 5) is 14.3. The van der Waals surface area contributed by atoms with Gasteiger partial charge in [0.15, 0.2) is 0 Å². The topological polar surface area (TPSA) is 82.1 Å². The first kappa shape index (κ1) is 18.9. The Kier molecular flexibility index (Phi) is 6.36. The van der Waals surface area contributed by atoms with Crippen molar-refractivity contribution in [2.45, 2.75) is 12.8 Å². The van der Waals surface area contributed by atoms with Gasteiger partial charge in [-0.15, -0.1) is 0 Å². The predicted octanol–water partition coefficient (Wildman–Crippen LogP) is 1.41. The monoisotopic (exact) mass is 416 g/mol. The van der Waals surface area contributed by atoms with Gasteiger partial charge in [0.2, 0.25) is 10.0 Å². The zero-order valence-electron chi connectivity index (χ0n) is 13.7. The third-order valence-electron chi connectivity index (χ3n) is 3.71. The van der Waals surface area contributed by atoms with Crippen LogP contribution in [0.4, 0.5) is 5.69 Å². The van der Waals surface area contributed by atoms with Crippen molar-refractivity contribution in [1.82, 2.24) is 10.3 Å². The number of sulfonamides is 1. The molecular formula is C15H21BrN4O3S. The van der Waals surface area contributed by atoms with Crippen LogP contribution >= 0.6 is 15.9 Å². The minimum Gasteiger partial charge on any atom is -0.306 e. The second-order valence-corrected chi connectivity index (χ2v) is 8.50. The number of amides is 1. The van der Waals surface area contributed by atoms with Crippen LogP contribution in [-0.4, -0.2) is 57.9 Å². The highest BCUT2D eigenvalue weighted by atomic mass is 79.9. The maximum absolute atomic E-state index is 12.1. The van der Waals surface area contributed by atoms with Crippen molar-refractivity contribution in [3.8, 4) is 0 Å². The summed E-state index contributed by atoms with van der Waals surface area (Å²) in [6, 6.07) is 6.86. The number of carbonyl (C=O) groups excluding carboxylic acids is 1. The van der Waals surface area contributed by atoms with Gasteiger partial charge in [-0.1, -0.05) is 12.1 Å². The lowest BCUT2D eigenvalue weighted by molar-refractivity contribution is -0.119. The number of piperidine rings is 1. The van der Waals surface area contributed by atoms with E-state index in [-0.39, 0.29) is 6.54 Å². The predicted molar refractivity (Wildman–Crippen MR) is 98.6 cm³/mol. The molecule has 1 amide bonds. The highest BCUT2D eigenvalue weighted by Gasteiger charge is 2.22. The van der Waals surface area contributed by atoms with Crippen molar-refractivity contribution < 1.29 is 13.2 Å². The van der Waals surface area contributed by atoms with Gasteiger partial charge >= 0.3 is 0 Å². The molecule has 24 heavy (non-hydrogen) atoms. The fourth-order valence-electron chi connectivity index (χ4n) is 2.33. The number of anilines is 1. The molecule has 1 aliphatic heterocycles. The number of carbonyl (C=O) groups is 1. The number of likely N-dealkylation sites (tertiary alicyclic amines) is 1. The Morgan fingerprint density at radius 2 is 1.96 bits per heavy atom. The zero-order valence-corrected chi connectivity index (χ0v) is 16.1. The van der Waals surface area contributed by atoms with Crippen molar-refractivity contribution in [1.29, 1.82) is 0 Å². The highest BCUT2D eigenvalue weighted by molar-refractivity contribution is 9.10. The number of hydrazone groups is 1. The highest BCUT2D eigenvalue weighted by Crippen LogP contribution is 2.27. The van der Waals surface area contributed by atoms with Crippen LogP contribution in [0, 0.1) is 0 Å². The van der Waals surface area contributed by atoms with E-state index in [0.717, 1.165) is 42.2 Å². The molecule has 7 nitrogen and oxygen atoms in total. The first-order valence-electron chi connectivity index (χ1n) is 7.52. The number of nitrogens with zero attached hydrogens (tertiary/aromatic N) is 3. The minimum atomic E-state index is -3.60. The van der Waals surface area contributed by atoms with E-state index < -0.39 is 15.9 Å². The van der Waals surface area contributed by atoms with Crippen LogP contribution in [0.5, 0.6) is 0 Å². The van der Waals surface area contributed by atoms with Crippen molar-refractivity contribution in [2.75, 3.05) is 37.2 Å². The molecule has 0 aliphatic carbocycles. The molecule has 0 aromatic heterocycles. The Balaban J connectivity index is 2.06. The van der Waals surface area contributed by atoms with Crippen molar-refractivity contribution in [3.05, 3.63) is 28.7 Å². The lowest BCUT2D eigenvalue weighted by atomic mass is 10.1. The lowest BCUT2D eigenvalue weighted by Gasteiger charge is -2.24. The van der Waals surface area contributed by atoms with Gasteiger partial charge < -0.3 is 4.90 Å². The second kappa shape index (κ2) is 8.09. The van der Waals surface area contributed by atoms with E-state index in [0.29, 0.717) is 10.2 Å². The van der Waals surface area contributed by atoms with Crippen LogP contribution < -0.4 is 9.73 Å². The molecule has 132 valence electrons. The van der Waals surface area contributed by atoms with Crippen LogP contribution in [0.3, 0.4) is 0 Å². The molecule has 1 saturated heterocycles. The summed E-state index contributed by atoms with van der Waals surface area (Å²) >= 11 is 3.32.